The van der Waals surface area contributed by atoms with Gasteiger partial charge in [0.2, 0.25) is 0 Å². The van der Waals surface area contributed by atoms with Crippen molar-refractivity contribution in [2.24, 2.45) is 0 Å². The van der Waals surface area contributed by atoms with Gasteiger partial charge in [-0.15, -0.1) is 0 Å². The molecule has 1 aliphatic carbocycles. The molecule has 1 aromatic heterocycles. The van der Waals surface area contributed by atoms with Gasteiger partial charge >= 0.3 is 0 Å². The molecule has 2 nitrogen and oxygen atoms in total. The molecule has 1 aromatic carbocycles. The molecule has 3 rings (SSSR count). The lowest BCUT2D eigenvalue weighted by Gasteiger charge is -2.37. The minimum absolute atomic E-state index is 0.0349. The number of aromatic nitrogens is 1. The Hall–Kier alpha value is -1.83. The Morgan fingerprint density at radius 1 is 0.895 bits per heavy atom. The molecule has 0 radical (unpaired) electrons. The number of pyridine rings is 1. The second kappa shape index (κ2) is 5.04. The van der Waals surface area contributed by atoms with E-state index in [1.54, 1.807) is 12.1 Å². The molecule has 0 amide bonds. The van der Waals surface area contributed by atoms with E-state index in [9.17, 15) is 5.11 Å². The van der Waals surface area contributed by atoms with E-state index in [1.807, 2.05) is 12.3 Å². The third-order valence-electron chi connectivity index (χ3n) is 4.28. The Bertz CT molecular complexity index is 527. The van der Waals surface area contributed by atoms with Crippen LogP contribution in [0, 0.1) is 0 Å². The van der Waals surface area contributed by atoms with Gasteiger partial charge in [-0.05, 0) is 42.7 Å². The molecule has 98 valence electrons. The van der Waals surface area contributed by atoms with Crippen LogP contribution < -0.4 is 0 Å². The minimum Gasteiger partial charge on any atom is -0.508 e. The lowest BCUT2D eigenvalue weighted by Crippen LogP contribution is -2.31. The van der Waals surface area contributed by atoms with E-state index in [1.165, 1.54) is 30.5 Å². The van der Waals surface area contributed by atoms with Crippen molar-refractivity contribution in [1.29, 1.82) is 0 Å². The Kier molecular flexibility index (Phi) is 3.24. The zero-order valence-electron chi connectivity index (χ0n) is 11.0. The second-order valence-corrected chi connectivity index (χ2v) is 5.40. The van der Waals surface area contributed by atoms with Gasteiger partial charge in [0.25, 0.3) is 0 Å². The number of hydrogen-bond acceptors (Lipinski definition) is 2. The molecule has 2 heteroatoms. The van der Waals surface area contributed by atoms with Gasteiger partial charge in [-0.1, -0.05) is 37.5 Å². The van der Waals surface area contributed by atoms with Crippen molar-refractivity contribution in [1.82, 2.24) is 4.98 Å². The molecule has 0 spiro atoms. The second-order valence-electron chi connectivity index (χ2n) is 5.40. The highest BCUT2D eigenvalue weighted by Gasteiger charge is 2.36. The van der Waals surface area contributed by atoms with Crippen LogP contribution in [-0.4, -0.2) is 10.1 Å². The van der Waals surface area contributed by atoms with Crippen LogP contribution in [0.2, 0.25) is 0 Å². The fourth-order valence-corrected chi connectivity index (χ4v) is 3.27. The van der Waals surface area contributed by atoms with Gasteiger partial charge in [0, 0.05) is 11.6 Å². The molecule has 1 fully saturated rings. The van der Waals surface area contributed by atoms with E-state index in [4.69, 9.17) is 0 Å². The van der Waals surface area contributed by atoms with Crippen LogP contribution in [0.3, 0.4) is 0 Å². The van der Waals surface area contributed by atoms with E-state index < -0.39 is 0 Å². The SMILES string of the molecule is Oc1ccc(C2(c3ccccn3)CCCCC2)cc1. The number of nitrogens with zero attached hydrogens (tertiary/aromatic N) is 1. The molecule has 0 aliphatic heterocycles. The Morgan fingerprint density at radius 2 is 1.63 bits per heavy atom. The summed E-state index contributed by atoms with van der Waals surface area (Å²) in [7, 11) is 0. The average Bonchev–Trinajstić information content (AvgIpc) is 2.49. The van der Waals surface area contributed by atoms with Crippen LogP contribution in [0.1, 0.15) is 43.4 Å². The molecule has 19 heavy (non-hydrogen) atoms. The first-order valence-corrected chi connectivity index (χ1v) is 7.02. The molecular formula is C17H19NO. The van der Waals surface area contributed by atoms with E-state index in [0.29, 0.717) is 5.75 Å². The summed E-state index contributed by atoms with van der Waals surface area (Å²) in [4.78, 5) is 4.61. The third-order valence-corrected chi connectivity index (χ3v) is 4.28. The average molecular weight is 253 g/mol. The van der Waals surface area contributed by atoms with Crippen molar-refractivity contribution in [3.8, 4) is 5.75 Å². The lowest BCUT2D eigenvalue weighted by molar-refractivity contribution is 0.338. The molecule has 2 aromatic rings. The van der Waals surface area contributed by atoms with Crippen molar-refractivity contribution in [2.75, 3.05) is 0 Å². The fourth-order valence-electron chi connectivity index (χ4n) is 3.27. The van der Waals surface area contributed by atoms with Crippen molar-refractivity contribution >= 4 is 0 Å². The van der Waals surface area contributed by atoms with E-state index in [-0.39, 0.29) is 5.41 Å². The van der Waals surface area contributed by atoms with E-state index in [0.717, 1.165) is 12.8 Å². The molecule has 1 aliphatic rings. The van der Waals surface area contributed by atoms with Gasteiger partial charge in [-0.25, -0.2) is 0 Å². The predicted molar refractivity (Wildman–Crippen MR) is 76.2 cm³/mol. The van der Waals surface area contributed by atoms with Crippen LogP contribution >= 0.6 is 0 Å². The van der Waals surface area contributed by atoms with Gasteiger partial charge in [-0.2, -0.15) is 0 Å². The summed E-state index contributed by atoms with van der Waals surface area (Å²) in [5.41, 5.74) is 2.48. The quantitative estimate of drug-likeness (QED) is 0.876. The maximum atomic E-state index is 9.49. The standard InChI is InChI=1S/C17H19NO/c19-15-9-7-14(8-10-15)17(11-3-1-4-12-17)16-6-2-5-13-18-16/h2,5-10,13,19H,1,3-4,11-12H2. The number of hydrogen-bond donors (Lipinski definition) is 1. The summed E-state index contributed by atoms with van der Waals surface area (Å²) in [5.74, 6) is 0.329. The van der Waals surface area contributed by atoms with Crippen LogP contribution in [0.15, 0.2) is 48.7 Å². The van der Waals surface area contributed by atoms with Gasteiger partial charge in [0.1, 0.15) is 5.75 Å². The van der Waals surface area contributed by atoms with Crippen LogP contribution in [0.25, 0.3) is 0 Å². The molecule has 0 saturated heterocycles. The maximum Gasteiger partial charge on any atom is 0.115 e. The smallest absolute Gasteiger partial charge is 0.115 e. The summed E-state index contributed by atoms with van der Waals surface area (Å²) in [6.07, 6.45) is 7.98. The van der Waals surface area contributed by atoms with Crippen LogP contribution in [0.4, 0.5) is 0 Å². The number of benzene rings is 1. The third kappa shape index (κ3) is 2.23. The molecule has 1 heterocycles. The summed E-state index contributed by atoms with van der Waals surface area (Å²) in [6, 6.07) is 13.8. The Morgan fingerprint density at radius 3 is 2.26 bits per heavy atom. The maximum absolute atomic E-state index is 9.49. The van der Waals surface area contributed by atoms with Crippen molar-refractivity contribution in [3.05, 3.63) is 59.9 Å². The number of phenolic OH excluding ortho intramolecular Hbond substituents is 1. The number of phenols is 1. The highest BCUT2D eigenvalue weighted by Crippen LogP contribution is 2.44. The topological polar surface area (TPSA) is 33.1 Å². The van der Waals surface area contributed by atoms with Gasteiger partial charge in [-0.3, -0.25) is 4.98 Å². The zero-order valence-corrected chi connectivity index (χ0v) is 11.0. The predicted octanol–water partition coefficient (Wildman–Crippen LogP) is 4.04. The first kappa shape index (κ1) is 12.2. The van der Waals surface area contributed by atoms with Gasteiger partial charge in [0.15, 0.2) is 0 Å². The van der Waals surface area contributed by atoms with Crippen molar-refractivity contribution in [2.45, 2.75) is 37.5 Å². The molecule has 1 N–H and O–H groups in total. The fraction of sp³-hybridized carbons (Fsp3) is 0.353. The highest BCUT2D eigenvalue weighted by atomic mass is 16.3. The molecule has 1 saturated carbocycles. The molecule has 0 unspecified atom stereocenters. The highest BCUT2D eigenvalue weighted by molar-refractivity contribution is 5.39. The lowest BCUT2D eigenvalue weighted by atomic mass is 9.67. The zero-order chi connectivity index (χ0) is 13.1. The Labute approximate surface area is 114 Å². The molecular weight excluding hydrogens is 234 g/mol. The minimum atomic E-state index is 0.0349. The summed E-state index contributed by atoms with van der Waals surface area (Å²) in [5, 5.41) is 9.49. The van der Waals surface area contributed by atoms with E-state index in [2.05, 4.69) is 29.2 Å². The summed E-state index contributed by atoms with van der Waals surface area (Å²) >= 11 is 0. The first-order valence-electron chi connectivity index (χ1n) is 7.02. The van der Waals surface area contributed by atoms with Crippen LogP contribution in [0.5, 0.6) is 5.75 Å². The molecule has 0 bridgehead atoms. The van der Waals surface area contributed by atoms with Crippen molar-refractivity contribution < 1.29 is 5.11 Å². The monoisotopic (exact) mass is 253 g/mol. The normalized spacial score (nSPS) is 18.1. The van der Waals surface area contributed by atoms with Crippen LogP contribution in [-0.2, 0) is 5.41 Å². The van der Waals surface area contributed by atoms with E-state index >= 15 is 0 Å². The first-order chi connectivity index (χ1) is 9.31. The van der Waals surface area contributed by atoms with Gasteiger partial charge in [0.05, 0.1) is 5.69 Å². The van der Waals surface area contributed by atoms with Gasteiger partial charge < -0.3 is 5.11 Å². The molecule has 0 atom stereocenters. The Balaban J connectivity index is 2.09. The summed E-state index contributed by atoms with van der Waals surface area (Å²) < 4.78 is 0. The largest absolute Gasteiger partial charge is 0.508 e. The number of aromatic hydroxyl groups is 1. The van der Waals surface area contributed by atoms with Crippen molar-refractivity contribution in [3.63, 3.8) is 0 Å². The summed E-state index contributed by atoms with van der Waals surface area (Å²) in [6.45, 7) is 0. The number of rotatable bonds is 2.